The Kier molecular flexibility index (Phi) is 8.20. The third-order valence-corrected chi connectivity index (χ3v) is 12.2. The Morgan fingerprint density at radius 1 is 0.344 bits per heavy atom. The van der Waals surface area contributed by atoms with Crippen molar-refractivity contribution in [1.82, 2.24) is 9.88 Å². The van der Waals surface area contributed by atoms with Gasteiger partial charge in [-0.25, -0.2) is 9.98 Å². The minimum atomic E-state index is -0.428. The molecule has 0 spiro atoms. The molecule has 286 valence electrons. The molecule has 1 aromatic heterocycles. The predicted molar refractivity (Wildman–Crippen MR) is 256 cm³/mol. The molecule has 12 rings (SSSR count). The molecule has 11 aromatic rings. The summed E-state index contributed by atoms with van der Waals surface area (Å²) in [6.07, 6.45) is -0.428. The molecule has 0 saturated carbocycles. The van der Waals surface area contributed by atoms with Crippen molar-refractivity contribution < 1.29 is 0 Å². The average molecular weight is 779 g/mol. The summed E-state index contributed by atoms with van der Waals surface area (Å²) in [7, 11) is 0. The summed E-state index contributed by atoms with van der Waals surface area (Å²) in [5.41, 5.74) is 11.1. The zero-order valence-electron chi connectivity index (χ0n) is 33.2. The van der Waals surface area contributed by atoms with E-state index in [-0.39, 0.29) is 0 Å². The Morgan fingerprint density at radius 2 is 0.787 bits per heavy atom. The van der Waals surface area contributed by atoms with Crippen LogP contribution in [-0.2, 0) is 0 Å². The molecule has 0 bridgehead atoms. The maximum Gasteiger partial charge on any atom is 0.159 e. The van der Waals surface area contributed by atoms with E-state index in [9.17, 15) is 0 Å². The minimum Gasteiger partial charge on any atom is -0.344 e. The minimum absolute atomic E-state index is 0.428. The second-order valence-electron chi connectivity index (χ2n) is 15.8. The van der Waals surface area contributed by atoms with Crippen LogP contribution in [0.5, 0.6) is 0 Å². The third kappa shape index (κ3) is 5.91. The van der Waals surface area contributed by atoms with Crippen LogP contribution < -0.4 is 5.32 Å². The number of aliphatic imine (C=N–C) groups is 2. The lowest BCUT2D eigenvalue weighted by atomic mass is 9.93. The van der Waals surface area contributed by atoms with Gasteiger partial charge in [-0.2, -0.15) is 0 Å². The Hall–Kier alpha value is -8.08. The number of nitrogens with zero attached hydrogens (tertiary/aromatic N) is 3. The van der Waals surface area contributed by atoms with Gasteiger partial charge < -0.3 is 9.88 Å². The second-order valence-corrected chi connectivity index (χ2v) is 15.8. The normalized spacial score (nSPS) is 14.1. The molecule has 10 aromatic carbocycles. The van der Waals surface area contributed by atoms with Crippen LogP contribution in [0, 0.1) is 0 Å². The number of hydrogen-bond donors (Lipinski definition) is 1. The molecule has 4 heteroatoms. The van der Waals surface area contributed by atoms with Crippen molar-refractivity contribution in [3.8, 4) is 27.9 Å². The summed E-state index contributed by atoms with van der Waals surface area (Å²) in [5.74, 6) is 1.48. The first-order chi connectivity index (χ1) is 30.2. The third-order valence-electron chi connectivity index (χ3n) is 12.2. The van der Waals surface area contributed by atoms with E-state index >= 15 is 0 Å². The number of benzene rings is 10. The van der Waals surface area contributed by atoms with Gasteiger partial charge in [-0.1, -0.05) is 182 Å². The molecular formula is C57H38N4. The number of amidine groups is 2. The first kappa shape index (κ1) is 34.9. The fraction of sp³-hybridized carbons (Fsp3) is 0.0175. The van der Waals surface area contributed by atoms with E-state index in [1.807, 2.05) is 6.07 Å². The summed E-state index contributed by atoms with van der Waals surface area (Å²) < 4.78 is 2.42. The smallest absolute Gasteiger partial charge is 0.159 e. The first-order valence-electron chi connectivity index (χ1n) is 20.9. The number of nitrogens with one attached hydrogen (secondary N) is 1. The topological polar surface area (TPSA) is 41.7 Å². The summed E-state index contributed by atoms with van der Waals surface area (Å²) in [4.78, 5) is 10.8. The highest BCUT2D eigenvalue weighted by Crippen LogP contribution is 2.40. The van der Waals surface area contributed by atoms with Gasteiger partial charge in [-0.15, -0.1) is 0 Å². The SMILES string of the molecule is c1ccc(C2=NC(c3ccc4c5ccccc5c5ccccc5c4c3)=NC(c3ccccc3-n3c4ccc(-c5ccccc5)cc4c4cc(-c5ccccc5)ccc43)N2)cc1. The standard InChI is InChI=1S/C57H38N4/c1-4-16-37(17-5-1)40-29-32-53-50(34-40)51-35-41(38-18-6-2-7-19-38)30-33-54(51)61(53)52-27-15-14-26-48(52)57-59-55(39-20-8-3-9-21-39)58-56(60-57)42-28-31-47-45-24-11-10-22-43(45)44-23-12-13-25-46(44)49(47)36-42/h1-36,57H,(H,58,59,60). The van der Waals surface area contributed by atoms with Crippen LogP contribution in [-0.4, -0.2) is 16.2 Å². The second kappa shape index (κ2) is 14.3. The Labute approximate surface area is 353 Å². The van der Waals surface area contributed by atoms with Crippen LogP contribution in [0.15, 0.2) is 228 Å². The zero-order chi connectivity index (χ0) is 40.3. The summed E-state index contributed by atoms with van der Waals surface area (Å²) in [6, 6.07) is 78.2. The van der Waals surface area contributed by atoms with Crippen LogP contribution in [0.4, 0.5) is 0 Å². The molecule has 4 nitrogen and oxygen atoms in total. The molecule has 61 heavy (non-hydrogen) atoms. The fourth-order valence-electron chi connectivity index (χ4n) is 9.35. The highest BCUT2D eigenvalue weighted by molar-refractivity contribution is 6.26. The van der Waals surface area contributed by atoms with Crippen LogP contribution >= 0.6 is 0 Å². The number of hydrogen-bond acceptors (Lipinski definition) is 3. The van der Waals surface area contributed by atoms with E-state index < -0.39 is 6.17 Å². The first-order valence-corrected chi connectivity index (χ1v) is 20.9. The van der Waals surface area contributed by atoms with E-state index in [1.165, 1.54) is 65.3 Å². The summed E-state index contributed by atoms with van der Waals surface area (Å²) >= 11 is 0. The van der Waals surface area contributed by atoms with Gasteiger partial charge in [0.1, 0.15) is 12.0 Å². The van der Waals surface area contributed by atoms with Crippen molar-refractivity contribution in [2.45, 2.75) is 6.17 Å². The van der Waals surface area contributed by atoms with Crippen LogP contribution in [0.3, 0.4) is 0 Å². The van der Waals surface area contributed by atoms with Gasteiger partial charge in [0, 0.05) is 27.5 Å². The molecule has 0 aliphatic carbocycles. The fourth-order valence-corrected chi connectivity index (χ4v) is 9.35. The van der Waals surface area contributed by atoms with Gasteiger partial charge >= 0.3 is 0 Å². The molecule has 1 atom stereocenters. The Morgan fingerprint density at radius 3 is 1.36 bits per heavy atom. The lowest BCUT2D eigenvalue weighted by Crippen LogP contribution is -2.34. The van der Waals surface area contributed by atoms with Gasteiger partial charge in [0.15, 0.2) is 5.84 Å². The van der Waals surface area contributed by atoms with Crippen molar-refractivity contribution in [3.63, 3.8) is 0 Å². The number of rotatable bonds is 6. The van der Waals surface area contributed by atoms with Crippen molar-refractivity contribution in [3.05, 3.63) is 235 Å². The molecule has 0 radical (unpaired) electrons. The zero-order valence-corrected chi connectivity index (χ0v) is 33.2. The van der Waals surface area contributed by atoms with Gasteiger partial charge in [0.25, 0.3) is 0 Å². The van der Waals surface area contributed by atoms with E-state index in [0.29, 0.717) is 5.84 Å². The van der Waals surface area contributed by atoms with Gasteiger partial charge in [-0.05, 0) is 91.0 Å². The Bertz CT molecular complexity index is 3420. The van der Waals surface area contributed by atoms with E-state index in [4.69, 9.17) is 9.98 Å². The number of aromatic nitrogens is 1. The van der Waals surface area contributed by atoms with Crippen molar-refractivity contribution in [2.24, 2.45) is 9.98 Å². The van der Waals surface area contributed by atoms with E-state index in [0.717, 1.165) is 39.2 Å². The van der Waals surface area contributed by atoms with Crippen molar-refractivity contribution in [2.75, 3.05) is 0 Å². The van der Waals surface area contributed by atoms with Gasteiger partial charge in [0.2, 0.25) is 0 Å². The molecule has 1 aliphatic rings. The van der Waals surface area contributed by atoms with Crippen molar-refractivity contribution >= 4 is 65.8 Å². The largest absolute Gasteiger partial charge is 0.344 e. The lowest BCUT2D eigenvalue weighted by molar-refractivity contribution is 0.670. The van der Waals surface area contributed by atoms with Gasteiger partial charge in [0.05, 0.1) is 16.7 Å². The maximum atomic E-state index is 5.49. The number of para-hydroxylation sites is 1. The summed E-state index contributed by atoms with van der Waals surface area (Å²) in [6.45, 7) is 0. The molecule has 1 unspecified atom stereocenters. The quantitative estimate of drug-likeness (QED) is 0.168. The molecule has 0 saturated heterocycles. The molecule has 1 aliphatic heterocycles. The lowest BCUT2D eigenvalue weighted by Gasteiger charge is -2.26. The Balaban J connectivity index is 1.06. The molecule has 2 heterocycles. The predicted octanol–water partition coefficient (Wildman–Crippen LogP) is 14.1. The molecular weight excluding hydrogens is 741 g/mol. The van der Waals surface area contributed by atoms with Crippen molar-refractivity contribution in [1.29, 1.82) is 0 Å². The number of fused-ring (bicyclic) bond motifs is 9. The maximum absolute atomic E-state index is 5.49. The van der Waals surface area contributed by atoms with Crippen LogP contribution in [0.25, 0.3) is 82.1 Å². The van der Waals surface area contributed by atoms with Crippen LogP contribution in [0.2, 0.25) is 0 Å². The molecule has 0 fully saturated rings. The molecule has 1 N–H and O–H groups in total. The molecule has 0 amide bonds. The highest BCUT2D eigenvalue weighted by atomic mass is 15.2. The van der Waals surface area contributed by atoms with E-state index in [2.05, 4.69) is 222 Å². The monoisotopic (exact) mass is 778 g/mol. The van der Waals surface area contributed by atoms with Crippen LogP contribution in [0.1, 0.15) is 22.9 Å². The highest BCUT2D eigenvalue weighted by Gasteiger charge is 2.26. The van der Waals surface area contributed by atoms with E-state index in [1.54, 1.807) is 0 Å². The van der Waals surface area contributed by atoms with Gasteiger partial charge in [-0.3, -0.25) is 0 Å². The summed E-state index contributed by atoms with van der Waals surface area (Å²) in [5, 5.41) is 13.6. The average Bonchev–Trinajstić information content (AvgIpc) is 3.67.